The smallest absolute Gasteiger partial charge is 0.0671 e. The van der Waals surface area contributed by atoms with Crippen LogP contribution in [0.15, 0.2) is 46.3 Å². The van der Waals surface area contributed by atoms with Crippen molar-refractivity contribution in [3.63, 3.8) is 0 Å². The molecule has 0 fully saturated rings. The fraction of sp³-hybridized carbons (Fsp3) is 0.231. The Morgan fingerprint density at radius 2 is 2.19 bits per heavy atom. The number of hydrogen-bond acceptors (Lipinski definition) is 2. The molecule has 1 unspecified atom stereocenters. The van der Waals surface area contributed by atoms with Crippen molar-refractivity contribution >= 4 is 27.3 Å². The number of hydrogen-bond donors (Lipinski definition) is 1. The Hall–Kier alpha value is -0.640. The lowest BCUT2D eigenvalue weighted by atomic mass is 10.1. The molecule has 1 atom stereocenters. The highest BCUT2D eigenvalue weighted by atomic mass is 79.9. The van der Waals surface area contributed by atoms with Crippen LogP contribution in [-0.2, 0) is 0 Å². The summed E-state index contributed by atoms with van der Waals surface area (Å²) in [6.07, 6.45) is 0. The van der Waals surface area contributed by atoms with E-state index >= 15 is 0 Å². The maximum Gasteiger partial charge on any atom is 0.0671 e. The van der Waals surface area contributed by atoms with Crippen molar-refractivity contribution in [2.45, 2.75) is 13.0 Å². The molecule has 3 heteroatoms. The van der Waals surface area contributed by atoms with E-state index in [-0.39, 0.29) is 0 Å². The molecule has 0 bridgehead atoms. The number of halogens is 1. The van der Waals surface area contributed by atoms with Crippen LogP contribution in [0.2, 0.25) is 0 Å². The Morgan fingerprint density at radius 1 is 1.31 bits per heavy atom. The van der Waals surface area contributed by atoms with Crippen LogP contribution in [0.3, 0.4) is 0 Å². The van der Waals surface area contributed by atoms with Crippen molar-refractivity contribution < 1.29 is 0 Å². The molecule has 0 spiro atoms. The molecule has 0 radical (unpaired) electrons. The third kappa shape index (κ3) is 2.73. The molecular weight excluding hydrogens is 282 g/mol. The van der Waals surface area contributed by atoms with E-state index in [1.54, 1.807) is 11.3 Å². The first-order valence-corrected chi connectivity index (χ1v) is 7.00. The van der Waals surface area contributed by atoms with E-state index in [0.29, 0.717) is 6.04 Å². The summed E-state index contributed by atoms with van der Waals surface area (Å²) in [4.78, 5) is 1.36. The Labute approximate surface area is 109 Å². The molecule has 16 heavy (non-hydrogen) atoms. The zero-order chi connectivity index (χ0) is 11.4. The molecule has 2 rings (SSSR count). The Kier molecular flexibility index (Phi) is 4.16. The molecule has 84 valence electrons. The lowest BCUT2D eigenvalue weighted by Gasteiger charge is -2.17. The van der Waals surface area contributed by atoms with Gasteiger partial charge in [-0.1, -0.05) is 41.1 Å². The number of rotatable bonds is 4. The Bertz CT molecular complexity index is 439. The largest absolute Gasteiger partial charge is 0.306 e. The summed E-state index contributed by atoms with van der Waals surface area (Å²) in [6, 6.07) is 13.1. The quantitative estimate of drug-likeness (QED) is 0.891. The molecule has 2 aromatic rings. The van der Waals surface area contributed by atoms with E-state index in [1.807, 2.05) is 0 Å². The van der Waals surface area contributed by atoms with Crippen LogP contribution in [-0.4, -0.2) is 6.54 Å². The molecule has 0 saturated carbocycles. The van der Waals surface area contributed by atoms with Crippen molar-refractivity contribution in [1.82, 2.24) is 5.32 Å². The van der Waals surface area contributed by atoms with Gasteiger partial charge in [0.1, 0.15) is 0 Å². The Morgan fingerprint density at radius 3 is 2.81 bits per heavy atom. The predicted octanol–water partition coefficient (Wildman–Crippen LogP) is 4.21. The van der Waals surface area contributed by atoms with Crippen molar-refractivity contribution in [1.29, 1.82) is 0 Å². The summed E-state index contributed by atoms with van der Waals surface area (Å²) >= 11 is 5.31. The molecule has 1 aromatic carbocycles. The van der Waals surface area contributed by atoms with Crippen molar-refractivity contribution in [3.05, 3.63) is 56.7 Å². The van der Waals surface area contributed by atoms with E-state index in [2.05, 4.69) is 69.9 Å². The van der Waals surface area contributed by atoms with E-state index < -0.39 is 0 Å². The first-order chi connectivity index (χ1) is 7.81. The second kappa shape index (κ2) is 5.62. The molecule has 0 saturated heterocycles. The minimum absolute atomic E-state index is 0.308. The van der Waals surface area contributed by atoms with Crippen LogP contribution >= 0.6 is 27.3 Å². The first-order valence-electron chi connectivity index (χ1n) is 5.33. The van der Waals surface area contributed by atoms with Crippen LogP contribution in [0.5, 0.6) is 0 Å². The molecule has 1 N–H and O–H groups in total. The van der Waals surface area contributed by atoms with Gasteiger partial charge in [0.2, 0.25) is 0 Å². The second-order valence-electron chi connectivity index (χ2n) is 3.56. The van der Waals surface area contributed by atoms with Crippen LogP contribution < -0.4 is 5.32 Å². The lowest BCUT2D eigenvalue weighted by molar-refractivity contribution is 0.639. The first kappa shape index (κ1) is 11.8. The maximum atomic E-state index is 3.52. The van der Waals surface area contributed by atoms with Crippen molar-refractivity contribution in [3.8, 4) is 0 Å². The average molecular weight is 296 g/mol. The van der Waals surface area contributed by atoms with Gasteiger partial charge in [-0.3, -0.25) is 0 Å². The highest BCUT2D eigenvalue weighted by Gasteiger charge is 2.13. The van der Waals surface area contributed by atoms with E-state index in [4.69, 9.17) is 0 Å². The van der Waals surface area contributed by atoms with Gasteiger partial charge in [-0.15, -0.1) is 11.3 Å². The van der Waals surface area contributed by atoms with Gasteiger partial charge in [-0.2, -0.15) is 0 Å². The van der Waals surface area contributed by atoms with Gasteiger partial charge >= 0.3 is 0 Å². The van der Waals surface area contributed by atoms with Crippen molar-refractivity contribution in [2.24, 2.45) is 0 Å². The SMILES string of the molecule is CCNC(c1cccc(Br)c1)c1cccs1. The predicted molar refractivity (Wildman–Crippen MR) is 74.0 cm³/mol. The third-order valence-corrected chi connectivity index (χ3v) is 3.85. The average Bonchev–Trinajstić information content (AvgIpc) is 2.79. The molecular formula is C13H14BrNS. The van der Waals surface area contributed by atoms with Gasteiger partial charge in [0.15, 0.2) is 0 Å². The highest BCUT2D eigenvalue weighted by molar-refractivity contribution is 9.10. The van der Waals surface area contributed by atoms with Crippen LogP contribution in [0.25, 0.3) is 0 Å². The molecule has 0 aliphatic rings. The molecule has 0 aliphatic carbocycles. The number of nitrogens with one attached hydrogen (secondary N) is 1. The summed E-state index contributed by atoms with van der Waals surface area (Å²) in [5.74, 6) is 0. The summed E-state index contributed by atoms with van der Waals surface area (Å²) < 4.78 is 1.13. The molecule has 1 aromatic heterocycles. The maximum absolute atomic E-state index is 3.52. The second-order valence-corrected chi connectivity index (χ2v) is 5.46. The van der Waals surface area contributed by atoms with E-state index in [9.17, 15) is 0 Å². The van der Waals surface area contributed by atoms with Gasteiger partial charge in [0, 0.05) is 9.35 Å². The third-order valence-electron chi connectivity index (χ3n) is 2.42. The monoisotopic (exact) mass is 295 g/mol. The molecule has 0 amide bonds. The zero-order valence-electron chi connectivity index (χ0n) is 9.11. The topological polar surface area (TPSA) is 12.0 Å². The standard InChI is InChI=1S/C13H14BrNS/c1-2-15-13(12-7-4-8-16-12)10-5-3-6-11(14)9-10/h3-9,13,15H,2H2,1H3. The minimum atomic E-state index is 0.308. The summed E-state index contributed by atoms with van der Waals surface area (Å²) in [6.45, 7) is 3.10. The van der Waals surface area contributed by atoms with Crippen LogP contribution in [0, 0.1) is 0 Å². The molecule has 1 nitrogen and oxygen atoms in total. The van der Waals surface area contributed by atoms with Gasteiger partial charge < -0.3 is 5.32 Å². The zero-order valence-corrected chi connectivity index (χ0v) is 11.5. The lowest BCUT2D eigenvalue weighted by Crippen LogP contribution is -2.20. The number of thiophene rings is 1. The van der Waals surface area contributed by atoms with Gasteiger partial charge in [0.05, 0.1) is 6.04 Å². The summed E-state index contributed by atoms with van der Waals surface area (Å²) in [5, 5.41) is 5.64. The van der Waals surface area contributed by atoms with Gasteiger partial charge in [-0.25, -0.2) is 0 Å². The fourth-order valence-corrected chi connectivity index (χ4v) is 2.97. The summed E-state index contributed by atoms with van der Waals surface area (Å²) in [5.41, 5.74) is 1.30. The summed E-state index contributed by atoms with van der Waals surface area (Å²) in [7, 11) is 0. The highest BCUT2D eigenvalue weighted by Crippen LogP contribution is 2.27. The van der Waals surface area contributed by atoms with E-state index in [0.717, 1.165) is 11.0 Å². The van der Waals surface area contributed by atoms with Gasteiger partial charge in [-0.05, 0) is 35.7 Å². The van der Waals surface area contributed by atoms with Gasteiger partial charge in [0.25, 0.3) is 0 Å². The molecule has 0 aliphatic heterocycles. The van der Waals surface area contributed by atoms with E-state index in [1.165, 1.54) is 10.4 Å². The Balaban J connectivity index is 2.33. The normalized spacial score (nSPS) is 12.6. The fourth-order valence-electron chi connectivity index (χ4n) is 1.73. The van der Waals surface area contributed by atoms with Crippen LogP contribution in [0.1, 0.15) is 23.4 Å². The van der Waals surface area contributed by atoms with Crippen molar-refractivity contribution in [2.75, 3.05) is 6.54 Å². The minimum Gasteiger partial charge on any atom is -0.306 e. The molecule has 1 heterocycles. The number of benzene rings is 1. The van der Waals surface area contributed by atoms with Crippen LogP contribution in [0.4, 0.5) is 0 Å².